The second-order valence-corrected chi connectivity index (χ2v) is 8.35. The van der Waals surface area contributed by atoms with E-state index in [4.69, 9.17) is 9.47 Å². The highest BCUT2D eigenvalue weighted by Crippen LogP contribution is 2.61. The van der Waals surface area contributed by atoms with Crippen molar-refractivity contribution in [3.05, 3.63) is 23.3 Å². The third-order valence-electron chi connectivity index (χ3n) is 7.21. The van der Waals surface area contributed by atoms with E-state index < -0.39 is 0 Å². The summed E-state index contributed by atoms with van der Waals surface area (Å²) in [7, 11) is 1.63. The lowest BCUT2D eigenvalue weighted by Crippen LogP contribution is -2.43. The Morgan fingerprint density at radius 1 is 1.20 bits per heavy atom. The summed E-state index contributed by atoms with van der Waals surface area (Å²) in [6.45, 7) is 3.72. The molecule has 0 bridgehead atoms. The van der Waals surface area contributed by atoms with Gasteiger partial charge >= 0.3 is 5.97 Å². The zero-order valence-corrected chi connectivity index (χ0v) is 15.4. The summed E-state index contributed by atoms with van der Waals surface area (Å²) in [5.74, 6) is 2.66. The van der Waals surface area contributed by atoms with Gasteiger partial charge in [0.25, 0.3) is 0 Å². The number of aliphatic hydroxyl groups is 1. The van der Waals surface area contributed by atoms with Crippen LogP contribution in [0.15, 0.2) is 12.1 Å². The monoisotopic (exact) mass is 344 g/mol. The van der Waals surface area contributed by atoms with E-state index in [9.17, 15) is 9.90 Å². The SMILES string of the molecule is COc1cc2c(cc1OC(C)=O)CC[C@@H]1[C@@H]2CC[C@]2(C)[C@@H](O)CC[C@@H]12. The Balaban J connectivity index is 1.70. The lowest BCUT2D eigenvalue weighted by molar-refractivity contribution is -0.132. The number of ether oxygens (including phenoxy) is 2. The van der Waals surface area contributed by atoms with Crippen LogP contribution in [0.3, 0.4) is 0 Å². The first-order valence-electron chi connectivity index (χ1n) is 9.51. The molecule has 2 fully saturated rings. The first kappa shape index (κ1) is 16.9. The number of fused-ring (bicyclic) bond motifs is 5. The Labute approximate surface area is 149 Å². The average Bonchev–Trinajstić information content (AvgIpc) is 2.89. The van der Waals surface area contributed by atoms with Crippen molar-refractivity contribution in [1.29, 1.82) is 0 Å². The quantitative estimate of drug-likeness (QED) is 0.654. The number of carbonyl (C=O) groups excluding carboxylic acids is 1. The van der Waals surface area contributed by atoms with Crippen molar-refractivity contribution in [2.45, 2.75) is 64.4 Å². The van der Waals surface area contributed by atoms with Crippen LogP contribution in [0.25, 0.3) is 0 Å². The molecule has 136 valence electrons. The fourth-order valence-electron chi connectivity index (χ4n) is 5.94. The Morgan fingerprint density at radius 3 is 2.72 bits per heavy atom. The van der Waals surface area contributed by atoms with Gasteiger partial charge in [-0.15, -0.1) is 0 Å². The minimum Gasteiger partial charge on any atom is -0.493 e. The smallest absolute Gasteiger partial charge is 0.308 e. The molecule has 3 aliphatic carbocycles. The summed E-state index contributed by atoms with van der Waals surface area (Å²) in [4.78, 5) is 11.4. The Kier molecular flexibility index (Phi) is 4.06. The summed E-state index contributed by atoms with van der Waals surface area (Å²) in [6, 6.07) is 4.10. The first-order chi connectivity index (χ1) is 11.9. The van der Waals surface area contributed by atoms with Gasteiger partial charge in [0, 0.05) is 6.92 Å². The van der Waals surface area contributed by atoms with Crippen LogP contribution < -0.4 is 9.47 Å². The predicted octanol–water partition coefficient (Wildman–Crippen LogP) is 3.84. The van der Waals surface area contributed by atoms with Gasteiger partial charge in [-0.1, -0.05) is 6.92 Å². The number of hydrogen-bond acceptors (Lipinski definition) is 4. The van der Waals surface area contributed by atoms with Gasteiger partial charge in [0.05, 0.1) is 13.2 Å². The number of rotatable bonds is 2. The number of aryl methyl sites for hydroxylation is 1. The minimum atomic E-state index is -0.319. The van der Waals surface area contributed by atoms with Crippen LogP contribution >= 0.6 is 0 Å². The van der Waals surface area contributed by atoms with Crippen molar-refractivity contribution in [2.75, 3.05) is 7.11 Å². The highest BCUT2D eigenvalue weighted by Gasteiger charge is 2.54. The summed E-state index contributed by atoms with van der Waals surface area (Å²) in [5.41, 5.74) is 2.76. The van der Waals surface area contributed by atoms with E-state index in [2.05, 4.69) is 13.0 Å². The fraction of sp³-hybridized carbons (Fsp3) is 0.667. The van der Waals surface area contributed by atoms with E-state index in [0.717, 1.165) is 38.5 Å². The van der Waals surface area contributed by atoms with Crippen molar-refractivity contribution in [1.82, 2.24) is 0 Å². The third kappa shape index (κ3) is 2.57. The normalized spacial score (nSPS) is 36.2. The second-order valence-electron chi connectivity index (χ2n) is 8.35. The molecule has 4 nitrogen and oxygen atoms in total. The lowest BCUT2D eigenvalue weighted by Gasteiger charge is -2.50. The number of methoxy groups -OCH3 is 1. The van der Waals surface area contributed by atoms with E-state index in [0.29, 0.717) is 29.3 Å². The molecule has 0 amide bonds. The summed E-state index contributed by atoms with van der Waals surface area (Å²) in [6.07, 6.45) is 6.35. The number of benzene rings is 1. The number of carbonyl (C=O) groups is 1. The summed E-state index contributed by atoms with van der Waals surface area (Å²) >= 11 is 0. The molecule has 2 saturated carbocycles. The largest absolute Gasteiger partial charge is 0.493 e. The molecule has 3 aliphatic rings. The number of aliphatic hydroxyl groups excluding tert-OH is 1. The van der Waals surface area contributed by atoms with Crippen molar-refractivity contribution < 1.29 is 19.4 Å². The van der Waals surface area contributed by atoms with Gasteiger partial charge < -0.3 is 14.6 Å². The van der Waals surface area contributed by atoms with Crippen LogP contribution in [0.5, 0.6) is 11.5 Å². The summed E-state index contributed by atoms with van der Waals surface area (Å²) < 4.78 is 10.8. The molecular formula is C21H28O4. The van der Waals surface area contributed by atoms with Gasteiger partial charge in [0.15, 0.2) is 11.5 Å². The first-order valence-corrected chi connectivity index (χ1v) is 9.51. The maximum absolute atomic E-state index is 11.4. The van der Waals surface area contributed by atoms with Gasteiger partial charge in [-0.05, 0) is 85.0 Å². The van der Waals surface area contributed by atoms with Gasteiger partial charge in [0.1, 0.15) is 0 Å². The van der Waals surface area contributed by atoms with E-state index in [1.54, 1.807) is 7.11 Å². The van der Waals surface area contributed by atoms with Crippen LogP contribution in [-0.4, -0.2) is 24.3 Å². The molecule has 4 rings (SSSR count). The van der Waals surface area contributed by atoms with Gasteiger partial charge in [-0.25, -0.2) is 0 Å². The van der Waals surface area contributed by atoms with Gasteiger partial charge in [-0.3, -0.25) is 4.79 Å². The highest BCUT2D eigenvalue weighted by atomic mass is 16.6. The van der Waals surface area contributed by atoms with E-state index in [-0.39, 0.29) is 17.5 Å². The summed E-state index contributed by atoms with van der Waals surface area (Å²) in [5, 5.41) is 10.5. The zero-order valence-electron chi connectivity index (χ0n) is 15.4. The Morgan fingerprint density at radius 2 is 2.00 bits per heavy atom. The molecule has 0 aromatic heterocycles. The molecule has 0 spiro atoms. The molecule has 1 aromatic carbocycles. The third-order valence-corrected chi connectivity index (χ3v) is 7.21. The molecular weight excluding hydrogens is 316 g/mol. The molecule has 1 N–H and O–H groups in total. The Bertz CT molecular complexity index is 697. The number of esters is 1. The van der Waals surface area contributed by atoms with Crippen LogP contribution in [0.1, 0.15) is 63.0 Å². The maximum atomic E-state index is 11.4. The van der Waals surface area contributed by atoms with Gasteiger partial charge in [-0.2, -0.15) is 0 Å². The van der Waals surface area contributed by atoms with Crippen LogP contribution in [0, 0.1) is 17.3 Å². The fourth-order valence-corrected chi connectivity index (χ4v) is 5.94. The van der Waals surface area contributed by atoms with Crippen molar-refractivity contribution in [3.63, 3.8) is 0 Å². The van der Waals surface area contributed by atoms with Gasteiger partial charge in [0.2, 0.25) is 0 Å². The van der Waals surface area contributed by atoms with E-state index in [1.807, 2.05) is 6.07 Å². The average molecular weight is 344 g/mol. The number of hydrogen-bond donors (Lipinski definition) is 1. The molecule has 0 saturated heterocycles. The second kappa shape index (κ2) is 6.01. The molecule has 4 heteroatoms. The van der Waals surface area contributed by atoms with Crippen LogP contribution in [0.4, 0.5) is 0 Å². The predicted molar refractivity (Wildman–Crippen MR) is 94.9 cm³/mol. The zero-order chi connectivity index (χ0) is 17.8. The minimum absolute atomic E-state index is 0.0977. The lowest BCUT2D eigenvalue weighted by atomic mass is 9.55. The highest BCUT2D eigenvalue weighted by molar-refractivity contribution is 5.71. The molecule has 0 radical (unpaired) electrons. The molecule has 0 unspecified atom stereocenters. The molecule has 0 heterocycles. The topological polar surface area (TPSA) is 55.8 Å². The van der Waals surface area contributed by atoms with E-state index in [1.165, 1.54) is 18.1 Å². The Hall–Kier alpha value is -1.55. The van der Waals surface area contributed by atoms with Crippen molar-refractivity contribution in [2.24, 2.45) is 17.3 Å². The molecule has 5 atom stereocenters. The maximum Gasteiger partial charge on any atom is 0.308 e. The standard InChI is InChI=1S/C21H28O4/c1-12(22)25-19-10-13-4-5-15-14(16(13)11-18(19)24-3)8-9-21(2)17(15)6-7-20(21)23/h10-11,14-15,17,20,23H,4-9H2,1-3H3/t14-,15+,17-,20-,21-/m0/s1. The molecule has 1 aromatic rings. The van der Waals surface area contributed by atoms with Crippen molar-refractivity contribution >= 4 is 5.97 Å². The molecule has 25 heavy (non-hydrogen) atoms. The van der Waals surface area contributed by atoms with Crippen molar-refractivity contribution in [3.8, 4) is 11.5 Å². The van der Waals surface area contributed by atoms with E-state index >= 15 is 0 Å². The van der Waals surface area contributed by atoms with Crippen LogP contribution in [0.2, 0.25) is 0 Å². The van der Waals surface area contributed by atoms with Crippen LogP contribution in [-0.2, 0) is 11.2 Å². The molecule has 0 aliphatic heterocycles.